The fraction of sp³-hybridized carbons (Fsp3) is 0.375. The summed E-state index contributed by atoms with van der Waals surface area (Å²) >= 11 is 0. The number of pyridine rings is 1. The van der Waals surface area contributed by atoms with Gasteiger partial charge in [-0.15, -0.1) is 10.2 Å². The first-order chi connectivity index (χ1) is 16.5. The summed E-state index contributed by atoms with van der Waals surface area (Å²) in [6, 6.07) is 8.17. The molecule has 178 valence electrons. The minimum absolute atomic E-state index is 0.0212. The lowest BCUT2D eigenvalue weighted by Crippen LogP contribution is -2.41. The van der Waals surface area contributed by atoms with Crippen molar-refractivity contribution < 1.29 is 28.1 Å². The number of ether oxygens (including phenoxy) is 1. The lowest BCUT2D eigenvalue weighted by Gasteiger charge is -2.31. The zero-order valence-corrected chi connectivity index (χ0v) is 18.4. The predicted molar refractivity (Wildman–Crippen MR) is 118 cm³/mol. The second kappa shape index (κ2) is 9.09. The SMILES string of the molecule is COc1cc(-c2cc(OO)c(-c3ccc(N(C4CC4)C4CCCC4F)nn3)cc2F)cc(F)n1. The average Bonchev–Trinajstić information content (AvgIpc) is 3.59. The van der Waals surface area contributed by atoms with Gasteiger partial charge < -0.3 is 14.5 Å². The molecule has 0 bridgehead atoms. The van der Waals surface area contributed by atoms with Crippen molar-refractivity contribution in [1.29, 1.82) is 0 Å². The Morgan fingerprint density at radius 1 is 1.00 bits per heavy atom. The van der Waals surface area contributed by atoms with E-state index in [0.717, 1.165) is 37.8 Å². The average molecular weight is 472 g/mol. The Hall–Kier alpha value is -3.40. The Balaban J connectivity index is 1.48. The van der Waals surface area contributed by atoms with Gasteiger partial charge in [-0.3, -0.25) is 0 Å². The van der Waals surface area contributed by atoms with Crippen LogP contribution >= 0.6 is 0 Å². The molecule has 2 fully saturated rings. The zero-order valence-electron chi connectivity index (χ0n) is 18.4. The summed E-state index contributed by atoms with van der Waals surface area (Å²) in [5, 5.41) is 18.0. The Morgan fingerprint density at radius 2 is 1.82 bits per heavy atom. The van der Waals surface area contributed by atoms with Crippen LogP contribution in [0.5, 0.6) is 11.6 Å². The predicted octanol–water partition coefficient (Wildman–Crippen LogP) is 5.20. The highest BCUT2D eigenvalue weighted by Gasteiger charge is 2.41. The van der Waals surface area contributed by atoms with E-state index in [1.807, 2.05) is 4.90 Å². The maximum absolute atomic E-state index is 15.1. The number of anilines is 1. The van der Waals surface area contributed by atoms with Gasteiger partial charge in [-0.05, 0) is 61.9 Å². The molecule has 0 aliphatic heterocycles. The molecule has 34 heavy (non-hydrogen) atoms. The summed E-state index contributed by atoms with van der Waals surface area (Å²) in [5.74, 6) is -1.08. The minimum atomic E-state index is -0.894. The Morgan fingerprint density at radius 3 is 2.44 bits per heavy atom. The van der Waals surface area contributed by atoms with E-state index in [1.54, 1.807) is 12.1 Å². The third-order valence-corrected chi connectivity index (χ3v) is 6.34. The van der Waals surface area contributed by atoms with Gasteiger partial charge in [-0.25, -0.2) is 14.0 Å². The van der Waals surface area contributed by atoms with Crippen molar-refractivity contribution in [3.8, 4) is 34.0 Å². The van der Waals surface area contributed by atoms with Gasteiger partial charge in [0.2, 0.25) is 11.8 Å². The largest absolute Gasteiger partial charge is 0.481 e. The van der Waals surface area contributed by atoms with E-state index in [9.17, 15) is 14.0 Å². The molecule has 2 saturated carbocycles. The van der Waals surface area contributed by atoms with Gasteiger partial charge in [0.1, 0.15) is 12.0 Å². The number of alkyl halides is 1. The second-order valence-electron chi connectivity index (χ2n) is 8.57. The number of halogens is 3. The van der Waals surface area contributed by atoms with Crippen LogP contribution in [0, 0.1) is 11.8 Å². The van der Waals surface area contributed by atoms with Crippen molar-refractivity contribution in [2.45, 2.75) is 50.4 Å². The molecule has 2 aromatic heterocycles. The van der Waals surface area contributed by atoms with E-state index in [1.165, 1.54) is 19.2 Å². The molecule has 0 spiro atoms. The lowest BCUT2D eigenvalue weighted by molar-refractivity contribution is -0.137. The number of methoxy groups -OCH3 is 1. The van der Waals surface area contributed by atoms with Gasteiger partial charge >= 0.3 is 0 Å². The number of rotatable bonds is 7. The summed E-state index contributed by atoms with van der Waals surface area (Å²) in [6.45, 7) is 0. The molecule has 0 radical (unpaired) electrons. The molecule has 2 unspecified atom stereocenters. The fourth-order valence-corrected chi connectivity index (χ4v) is 4.58. The van der Waals surface area contributed by atoms with Crippen LogP contribution in [0.25, 0.3) is 22.4 Å². The Kier molecular flexibility index (Phi) is 5.99. The molecule has 7 nitrogen and oxygen atoms in total. The lowest BCUT2D eigenvalue weighted by atomic mass is 10.0. The maximum atomic E-state index is 15.1. The Bertz CT molecular complexity index is 1190. The summed E-state index contributed by atoms with van der Waals surface area (Å²) in [6.07, 6.45) is 3.25. The van der Waals surface area contributed by atoms with Crippen LogP contribution < -0.4 is 14.5 Å². The highest BCUT2D eigenvalue weighted by molar-refractivity contribution is 5.75. The van der Waals surface area contributed by atoms with Crippen LogP contribution in [0.2, 0.25) is 0 Å². The van der Waals surface area contributed by atoms with Crippen molar-refractivity contribution >= 4 is 5.82 Å². The number of hydrogen-bond donors (Lipinski definition) is 1. The highest BCUT2D eigenvalue weighted by Crippen LogP contribution is 2.40. The minimum Gasteiger partial charge on any atom is -0.481 e. The van der Waals surface area contributed by atoms with Crippen LogP contribution in [0.15, 0.2) is 36.4 Å². The molecular formula is C24H23F3N4O3. The second-order valence-corrected chi connectivity index (χ2v) is 8.57. The monoisotopic (exact) mass is 472 g/mol. The quantitative estimate of drug-likeness (QED) is 0.287. The smallest absolute Gasteiger partial charge is 0.216 e. The molecule has 1 aromatic carbocycles. The summed E-state index contributed by atoms with van der Waals surface area (Å²) in [4.78, 5) is 10.1. The summed E-state index contributed by atoms with van der Waals surface area (Å²) in [5.41, 5.74) is 0.555. The van der Waals surface area contributed by atoms with Crippen molar-refractivity contribution in [2.24, 2.45) is 0 Å². The highest BCUT2D eigenvalue weighted by atomic mass is 19.1. The summed E-state index contributed by atoms with van der Waals surface area (Å²) in [7, 11) is 1.32. The van der Waals surface area contributed by atoms with Gasteiger partial charge in [0, 0.05) is 23.7 Å². The fourth-order valence-electron chi connectivity index (χ4n) is 4.58. The first-order valence-corrected chi connectivity index (χ1v) is 11.1. The van der Waals surface area contributed by atoms with Crippen molar-refractivity contribution in [3.05, 3.63) is 48.2 Å². The van der Waals surface area contributed by atoms with Crippen molar-refractivity contribution in [3.63, 3.8) is 0 Å². The van der Waals surface area contributed by atoms with Crippen molar-refractivity contribution in [2.75, 3.05) is 12.0 Å². The third kappa shape index (κ3) is 4.25. The van der Waals surface area contributed by atoms with Crippen LogP contribution in [0.4, 0.5) is 19.0 Å². The van der Waals surface area contributed by atoms with Crippen LogP contribution in [-0.2, 0) is 0 Å². The van der Waals surface area contributed by atoms with Gasteiger partial charge in [0.05, 0.1) is 24.4 Å². The molecular weight excluding hydrogens is 449 g/mol. The van der Waals surface area contributed by atoms with Gasteiger partial charge in [-0.2, -0.15) is 9.37 Å². The molecule has 0 amide bonds. The number of benzene rings is 1. The van der Waals surface area contributed by atoms with E-state index >= 15 is 4.39 Å². The van der Waals surface area contributed by atoms with E-state index in [2.05, 4.69) is 20.1 Å². The molecule has 1 N–H and O–H groups in total. The number of nitrogens with zero attached hydrogens (tertiary/aromatic N) is 4. The number of aromatic nitrogens is 3. The standard InChI is InChI=1S/C24H23F3N4O3/c1-33-24-10-13(9-22(27)28-24)15-12-21(34-32)16(11-18(15)26)19-7-8-23(30-29-19)31(14-5-6-14)20-4-2-3-17(20)25/h7-12,14,17,20,32H,2-6H2,1H3. The van der Waals surface area contributed by atoms with Crippen LogP contribution in [-0.4, -0.2) is 45.8 Å². The molecule has 2 aliphatic rings. The Labute approximate surface area is 194 Å². The van der Waals surface area contributed by atoms with E-state index in [-0.39, 0.29) is 46.1 Å². The normalized spacial score (nSPS) is 19.8. The molecule has 3 aromatic rings. The molecule has 2 heterocycles. The molecule has 5 rings (SSSR count). The van der Waals surface area contributed by atoms with Crippen molar-refractivity contribution in [1.82, 2.24) is 15.2 Å². The molecule has 10 heteroatoms. The van der Waals surface area contributed by atoms with Crippen LogP contribution in [0.1, 0.15) is 32.1 Å². The topological polar surface area (TPSA) is 80.6 Å². The van der Waals surface area contributed by atoms with Gasteiger partial charge in [0.15, 0.2) is 11.6 Å². The first-order valence-electron chi connectivity index (χ1n) is 11.1. The molecule has 2 aliphatic carbocycles. The maximum Gasteiger partial charge on any atom is 0.216 e. The van der Waals surface area contributed by atoms with Crippen LogP contribution in [0.3, 0.4) is 0 Å². The van der Waals surface area contributed by atoms with E-state index < -0.39 is 17.9 Å². The van der Waals surface area contributed by atoms with Gasteiger partial charge in [0.25, 0.3) is 0 Å². The molecule has 2 atom stereocenters. The van der Waals surface area contributed by atoms with E-state index in [0.29, 0.717) is 12.2 Å². The molecule has 0 saturated heterocycles. The first kappa shape index (κ1) is 22.4. The number of hydrogen-bond acceptors (Lipinski definition) is 7. The zero-order chi connectivity index (χ0) is 23.8. The van der Waals surface area contributed by atoms with E-state index in [4.69, 9.17) is 4.74 Å². The van der Waals surface area contributed by atoms with Gasteiger partial charge in [-0.1, -0.05) is 0 Å². The summed E-state index contributed by atoms with van der Waals surface area (Å²) < 4.78 is 48.3. The third-order valence-electron chi connectivity index (χ3n) is 6.34.